The third-order valence-electron chi connectivity index (χ3n) is 3.60. The van der Waals surface area contributed by atoms with E-state index in [2.05, 4.69) is 5.32 Å². The maximum atomic E-state index is 12.5. The van der Waals surface area contributed by atoms with Gasteiger partial charge in [-0.3, -0.25) is 19.2 Å². The minimum absolute atomic E-state index is 0.189. The van der Waals surface area contributed by atoms with Gasteiger partial charge < -0.3 is 32.5 Å². The molecular formula is C13H21N5O6. The highest BCUT2D eigenvalue weighted by molar-refractivity contribution is 5.95. The second kappa shape index (κ2) is 8.24. The minimum Gasteiger partial charge on any atom is -0.480 e. The molecule has 134 valence electrons. The molecule has 24 heavy (non-hydrogen) atoms. The molecule has 11 heteroatoms. The quantitative estimate of drug-likeness (QED) is 0.302. The molecule has 11 nitrogen and oxygen atoms in total. The number of aliphatic carboxylic acids is 1. The fourth-order valence-electron chi connectivity index (χ4n) is 2.48. The monoisotopic (exact) mass is 343 g/mol. The zero-order valence-corrected chi connectivity index (χ0v) is 12.9. The number of nitrogens with one attached hydrogen (secondary N) is 1. The normalized spacial score (nSPS) is 19.4. The van der Waals surface area contributed by atoms with Gasteiger partial charge in [0.15, 0.2) is 0 Å². The van der Waals surface area contributed by atoms with Crippen molar-refractivity contribution in [3.8, 4) is 0 Å². The third kappa shape index (κ3) is 5.19. The number of carbonyl (C=O) groups excluding carboxylic acids is 4. The summed E-state index contributed by atoms with van der Waals surface area (Å²) in [5, 5.41) is 11.4. The van der Waals surface area contributed by atoms with Crippen LogP contribution in [0.3, 0.4) is 0 Å². The summed E-state index contributed by atoms with van der Waals surface area (Å²) >= 11 is 0. The Balaban J connectivity index is 2.86. The van der Waals surface area contributed by atoms with Gasteiger partial charge in [-0.2, -0.15) is 0 Å². The maximum Gasteiger partial charge on any atom is 0.326 e. The number of primary amides is 2. The zero-order chi connectivity index (χ0) is 18.4. The Morgan fingerprint density at radius 2 is 1.71 bits per heavy atom. The van der Waals surface area contributed by atoms with Gasteiger partial charge in [0.25, 0.3) is 0 Å². The summed E-state index contributed by atoms with van der Waals surface area (Å²) in [5.74, 6) is -4.43. The molecule has 0 aromatic rings. The Morgan fingerprint density at radius 1 is 1.12 bits per heavy atom. The first kappa shape index (κ1) is 19.4. The number of rotatable bonds is 8. The largest absolute Gasteiger partial charge is 0.480 e. The third-order valence-corrected chi connectivity index (χ3v) is 3.60. The Bertz CT molecular complexity index is 551. The molecule has 0 unspecified atom stereocenters. The molecule has 0 saturated carbocycles. The van der Waals surface area contributed by atoms with E-state index in [0.29, 0.717) is 6.42 Å². The van der Waals surface area contributed by atoms with E-state index in [9.17, 15) is 24.0 Å². The molecule has 0 bridgehead atoms. The molecule has 0 radical (unpaired) electrons. The number of nitrogens with two attached hydrogens (primary N) is 3. The van der Waals surface area contributed by atoms with Crippen LogP contribution in [0.25, 0.3) is 0 Å². The van der Waals surface area contributed by atoms with Gasteiger partial charge in [0.2, 0.25) is 23.6 Å². The SMILES string of the molecule is NC(=O)C[C@H](NC(=O)[C@@H](N)CC(N)=O)C(=O)N1CCC[C@H]1C(=O)O. The van der Waals surface area contributed by atoms with Crippen molar-refractivity contribution in [2.45, 2.75) is 43.8 Å². The van der Waals surface area contributed by atoms with E-state index >= 15 is 0 Å². The lowest BCUT2D eigenvalue weighted by Crippen LogP contribution is -2.55. The highest BCUT2D eigenvalue weighted by Gasteiger charge is 2.38. The van der Waals surface area contributed by atoms with E-state index in [1.165, 1.54) is 0 Å². The fraction of sp³-hybridized carbons (Fsp3) is 0.615. The van der Waals surface area contributed by atoms with E-state index in [1.54, 1.807) is 0 Å². The van der Waals surface area contributed by atoms with Gasteiger partial charge in [0, 0.05) is 6.54 Å². The molecule has 0 aromatic heterocycles. The number of carbonyl (C=O) groups is 5. The lowest BCUT2D eigenvalue weighted by Gasteiger charge is -2.27. The number of hydrogen-bond donors (Lipinski definition) is 5. The summed E-state index contributed by atoms with van der Waals surface area (Å²) in [7, 11) is 0. The second-order valence-corrected chi connectivity index (χ2v) is 5.54. The Hall–Kier alpha value is -2.69. The first-order valence-corrected chi connectivity index (χ1v) is 7.29. The predicted molar refractivity (Wildman–Crippen MR) is 79.9 cm³/mol. The van der Waals surface area contributed by atoms with Crippen LogP contribution in [0.4, 0.5) is 0 Å². The summed E-state index contributed by atoms with van der Waals surface area (Å²) in [4.78, 5) is 58.6. The van der Waals surface area contributed by atoms with Crippen molar-refractivity contribution in [3.63, 3.8) is 0 Å². The second-order valence-electron chi connectivity index (χ2n) is 5.54. The smallest absolute Gasteiger partial charge is 0.326 e. The molecule has 0 aliphatic carbocycles. The molecule has 0 aromatic carbocycles. The van der Waals surface area contributed by atoms with Crippen LogP contribution in [-0.2, 0) is 24.0 Å². The molecule has 1 fully saturated rings. The zero-order valence-electron chi connectivity index (χ0n) is 12.9. The Labute approximate surface area is 137 Å². The number of hydrogen-bond acceptors (Lipinski definition) is 6. The van der Waals surface area contributed by atoms with Crippen LogP contribution >= 0.6 is 0 Å². The average Bonchev–Trinajstić information content (AvgIpc) is 2.93. The molecule has 8 N–H and O–H groups in total. The van der Waals surface area contributed by atoms with Crippen LogP contribution in [0.1, 0.15) is 25.7 Å². The fourth-order valence-corrected chi connectivity index (χ4v) is 2.48. The predicted octanol–water partition coefficient (Wildman–Crippen LogP) is -3.38. The van der Waals surface area contributed by atoms with Gasteiger partial charge in [-0.15, -0.1) is 0 Å². The lowest BCUT2D eigenvalue weighted by molar-refractivity contribution is -0.149. The van der Waals surface area contributed by atoms with Gasteiger partial charge in [-0.25, -0.2) is 4.79 Å². The van der Waals surface area contributed by atoms with Crippen LogP contribution in [0.2, 0.25) is 0 Å². The van der Waals surface area contributed by atoms with E-state index in [1.807, 2.05) is 0 Å². The number of carboxylic acids is 1. The van der Waals surface area contributed by atoms with Gasteiger partial charge >= 0.3 is 5.97 Å². The summed E-state index contributed by atoms with van der Waals surface area (Å²) in [6.07, 6.45) is -0.192. The number of nitrogens with zero attached hydrogens (tertiary/aromatic N) is 1. The molecule has 1 saturated heterocycles. The molecule has 4 amide bonds. The first-order chi connectivity index (χ1) is 11.1. The van der Waals surface area contributed by atoms with Gasteiger partial charge in [0.05, 0.1) is 18.9 Å². The van der Waals surface area contributed by atoms with Gasteiger partial charge in [-0.1, -0.05) is 0 Å². The highest BCUT2D eigenvalue weighted by atomic mass is 16.4. The minimum atomic E-state index is -1.35. The molecule has 0 spiro atoms. The molecule has 3 atom stereocenters. The summed E-state index contributed by atoms with van der Waals surface area (Å²) in [5.41, 5.74) is 15.5. The van der Waals surface area contributed by atoms with Crippen LogP contribution in [-0.4, -0.2) is 64.3 Å². The van der Waals surface area contributed by atoms with Crippen molar-refractivity contribution in [1.82, 2.24) is 10.2 Å². The summed E-state index contributed by atoms with van der Waals surface area (Å²) in [6, 6.07) is -3.67. The number of amides is 4. The summed E-state index contributed by atoms with van der Waals surface area (Å²) in [6.45, 7) is 0.189. The molecule has 1 heterocycles. The van der Waals surface area contributed by atoms with Crippen LogP contribution in [0, 0.1) is 0 Å². The molecule has 1 aliphatic heterocycles. The maximum absolute atomic E-state index is 12.5. The van der Waals surface area contributed by atoms with Crippen LogP contribution in [0.5, 0.6) is 0 Å². The van der Waals surface area contributed by atoms with Crippen molar-refractivity contribution in [3.05, 3.63) is 0 Å². The van der Waals surface area contributed by atoms with E-state index < -0.39 is 60.6 Å². The average molecular weight is 343 g/mol. The Kier molecular flexibility index (Phi) is 6.65. The number of likely N-dealkylation sites (tertiary alicyclic amines) is 1. The highest BCUT2D eigenvalue weighted by Crippen LogP contribution is 2.19. The van der Waals surface area contributed by atoms with Crippen molar-refractivity contribution in [2.75, 3.05) is 6.54 Å². The van der Waals surface area contributed by atoms with Gasteiger partial charge in [0.1, 0.15) is 12.1 Å². The van der Waals surface area contributed by atoms with Gasteiger partial charge in [-0.05, 0) is 12.8 Å². The topological polar surface area (TPSA) is 199 Å². The van der Waals surface area contributed by atoms with E-state index in [0.717, 1.165) is 4.90 Å². The number of carboxylic acid groups (broad SMARTS) is 1. The van der Waals surface area contributed by atoms with Crippen LogP contribution < -0.4 is 22.5 Å². The van der Waals surface area contributed by atoms with Crippen molar-refractivity contribution in [1.29, 1.82) is 0 Å². The van der Waals surface area contributed by atoms with E-state index in [4.69, 9.17) is 22.3 Å². The Morgan fingerprint density at radius 3 is 2.21 bits per heavy atom. The van der Waals surface area contributed by atoms with Crippen molar-refractivity contribution >= 4 is 29.6 Å². The van der Waals surface area contributed by atoms with E-state index in [-0.39, 0.29) is 13.0 Å². The lowest BCUT2D eigenvalue weighted by atomic mass is 10.1. The molecule has 1 aliphatic rings. The van der Waals surface area contributed by atoms with Crippen molar-refractivity contribution < 1.29 is 29.1 Å². The van der Waals surface area contributed by atoms with Crippen LogP contribution in [0.15, 0.2) is 0 Å². The summed E-state index contributed by atoms with van der Waals surface area (Å²) < 4.78 is 0. The molecular weight excluding hydrogens is 322 g/mol. The standard InChI is InChI=1S/C13H21N5O6/c14-6(4-9(15)19)11(21)17-7(5-10(16)20)12(22)18-3-1-2-8(18)13(23)24/h6-8H,1-5,14H2,(H2,15,19)(H2,16,20)(H,17,21)(H,23,24)/t6-,7-,8-/m0/s1. The molecule has 1 rings (SSSR count). The first-order valence-electron chi connectivity index (χ1n) is 7.29. The van der Waals surface area contributed by atoms with Crippen molar-refractivity contribution in [2.24, 2.45) is 17.2 Å².